The minimum atomic E-state index is -0.807. The number of nitrogens with zero attached hydrogens (tertiary/aromatic N) is 1. The highest BCUT2D eigenvalue weighted by Crippen LogP contribution is 2.30. The second-order valence-electron chi connectivity index (χ2n) is 6.46. The third-order valence-corrected chi connectivity index (χ3v) is 4.39. The first-order valence-corrected chi connectivity index (χ1v) is 10.0. The van der Waals surface area contributed by atoms with E-state index in [1.807, 2.05) is 20.8 Å². The maximum absolute atomic E-state index is 13.0. The van der Waals surface area contributed by atoms with Gasteiger partial charge in [0.15, 0.2) is 11.5 Å². The molecule has 1 N–H and O–H groups in total. The van der Waals surface area contributed by atoms with Gasteiger partial charge in [-0.1, -0.05) is 6.07 Å². The Morgan fingerprint density at radius 3 is 2.13 bits per heavy atom. The molecule has 2 aromatic rings. The van der Waals surface area contributed by atoms with E-state index in [4.69, 9.17) is 14.2 Å². The molecule has 1 heterocycles. The van der Waals surface area contributed by atoms with E-state index in [0.717, 1.165) is 4.90 Å². The minimum absolute atomic E-state index is 0.167. The van der Waals surface area contributed by atoms with Gasteiger partial charge in [0, 0.05) is 0 Å². The van der Waals surface area contributed by atoms with Crippen LogP contribution in [0.15, 0.2) is 48.0 Å². The van der Waals surface area contributed by atoms with E-state index in [9.17, 15) is 14.4 Å². The molecule has 4 amide bonds. The van der Waals surface area contributed by atoms with Crippen LogP contribution in [0.5, 0.6) is 17.2 Å². The minimum Gasteiger partial charge on any atom is -0.494 e. The molecule has 1 saturated heterocycles. The smallest absolute Gasteiger partial charge is 0.335 e. The number of urea groups is 1. The second-order valence-corrected chi connectivity index (χ2v) is 6.46. The van der Waals surface area contributed by atoms with Crippen LogP contribution in [0, 0.1) is 0 Å². The molecular formula is C23H24N2O6. The van der Waals surface area contributed by atoms with Gasteiger partial charge in [-0.05, 0) is 68.8 Å². The molecule has 0 aromatic heterocycles. The van der Waals surface area contributed by atoms with E-state index in [0.29, 0.717) is 48.3 Å². The Kier molecular flexibility index (Phi) is 6.92. The predicted octanol–water partition coefficient (Wildman–Crippen LogP) is 3.55. The summed E-state index contributed by atoms with van der Waals surface area (Å²) in [5.41, 5.74) is 0.720. The largest absolute Gasteiger partial charge is 0.494 e. The summed E-state index contributed by atoms with van der Waals surface area (Å²) >= 11 is 0. The van der Waals surface area contributed by atoms with Crippen LogP contribution < -0.4 is 24.4 Å². The van der Waals surface area contributed by atoms with Gasteiger partial charge in [0.05, 0.1) is 25.5 Å². The van der Waals surface area contributed by atoms with Crippen LogP contribution in [0.1, 0.15) is 26.3 Å². The molecule has 0 atom stereocenters. The molecule has 0 saturated carbocycles. The quantitative estimate of drug-likeness (QED) is 0.515. The van der Waals surface area contributed by atoms with Gasteiger partial charge >= 0.3 is 6.03 Å². The predicted molar refractivity (Wildman–Crippen MR) is 115 cm³/mol. The third kappa shape index (κ3) is 4.85. The first-order valence-electron chi connectivity index (χ1n) is 10.0. The monoisotopic (exact) mass is 424 g/mol. The van der Waals surface area contributed by atoms with Gasteiger partial charge < -0.3 is 14.2 Å². The maximum atomic E-state index is 13.0. The van der Waals surface area contributed by atoms with Crippen molar-refractivity contribution in [3.05, 3.63) is 53.6 Å². The Balaban J connectivity index is 1.94. The van der Waals surface area contributed by atoms with Crippen molar-refractivity contribution in [2.45, 2.75) is 20.8 Å². The lowest BCUT2D eigenvalue weighted by atomic mass is 10.1. The number of barbiturate groups is 1. The summed E-state index contributed by atoms with van der Waals surface area (Å²) in [4.78, 5) is 38.7. The molecule has 0 bridgehead atoms. The Morgan fingerprint density at radius 2 is 1.48 bits per heavy atom. The summed E-state index contributed by atoms with van der Waals surface area (Å²) in [6.45, 7) is 6.97. The SMILES string of the molecule is CCOc1ccc(N2C(=O)NC(=O)/C(=C/c3ccc(OCC)c(OCC)c3)C2=O)cc1. The standard InChI is InChI=1S/C23H24N2O6/c1-4-29-17-10-8-16(9-11-17)25-22(27)18(21(26)24-23(25)28)13-15-7-12-19(30-5-2)20(14-15)31-6-3/h7-14H,4-6H2,1-3H3,(H,24,26,28)/b18-13-. The first kappa shape index (κ1) is 21.9. The fourth-order valence-electron chi connectivity index (χ4n) is 3.07. The van der Waals surface area contributed by atoms with Gasteiger partial charge in [0.25, 0.3) is 11.8 Å². The first-order chi connectivity index (χ1) is 15.0. The summed E-state index contributed by atoms with van der Waals surface area (Å²) < 4.78 is 16.5. The van der Waals surface area contributed by atoms with Crippen molar-refractivity contribution in [3.63, 3.8) is 0 Å². The number of ether oxygens (including phenoxy) is 3. The highest BCUT2D eigenvalue weighted by atomic mass is 16.5. The van der Waals surface area contributed by atoms with Crippen LogP contribution in [0.3, 0.4) is 0 Å². The van der Waals surface area contributed by atoms with E-state index in [1.54, 1.807) is 42.5 Å². The molecule has 162 valence electrons. The molecular weight excluding hydrogens is 400 g/mol. The Labute approximate surface area is 180 Å². The molecule has 0 aliphatic carbocycles. The molecule has 31 heavy (non-hydrogen) atoms. The summed E-state index contributed by atoms with van der Waals surface area (Å²) in [5.74, 6) is 0.202. The van der Waals surface area contributed by atoms with Crippen LogP contribution >= 0.6 is 0 Å². The number of carbonyl (C=O) groups excluding carboxylic acids is 3. The number of nitrogens with one attached hydrogen (secondary N) is 1. The molecule has 2 aromatic carbocycles. The van der Waals surface area contributed by atoms with Gasteiger partial charge in [-0.3, -0.25) is 14.9 Å². The summed E-state index contributed by atoms with van der Waals surface area (Å²) in [7, 11) is 0. The van der Waals surface area contributed by atoms with Crippen molar-refractivity contribution < 1.29 is 28.6 Å². The molecule has 8 nitrogen and oxygen atoms in total. The zero-order chi connectivity index (χ0) is 22.4. The van der Waals surface area contributed by atoms with E-state index in [2.05, 4.69) is 5.32 Å². The number of carbonyl (C=O) groups is 3. The van der Waals surface area contributed by atoms with Crippen molar-refractivity contribution >= 4 is 29.6 Å². The highest BCUT2D eigenvalue weighted by molar-refractivity contribution is 6.39. The maximum Gasteiger partial charge on any atom is 0.335 e. The van der Waals surface area contributed by atoms with Crippen LogP contribution in [-0.4, -0.2) is 37.7 Å². The van der Waals surface area contributed by atoms with Crippen molar-refractivity contribution in [2.24, 2.45) is 0 Å². The summed E-state index contributed by atoms with van der Waals surface area (Å²) in [6, 6.07) is 10.8. The molecule has 3 rings (SSSR count). The van der Waals surface area contributed by atoms with E-state index < -0.39 is 17.8 Å². The van der Waals surface area contributed by atoms with Crippen LogP contribution in [0.4, 0.5) is 10.5 Å². The van der Waals surface area contributed by atoms with Crippen LogP contribution in [0.25, 0.3) is 6.08 Å². The summed E-state index contributed by atoms with van der Waals surface area (Å²) in [5, 5.41) is 2.21. The Bertz CT molecular complexity index is 1010. The number of imide groups is 2. The van der Waals surface area contributed by atoms with Gasteiger partial charge in [0.2, 0.25) is 0 Å². The fraction of sp³-hybridized carbons (Fsp3) is 0.261. The van der Waals surface area contributed by atoms with Crippen LogP contribution in [0.2, 0.25) is 0 Å². The Morgan fingerprint density at radius 1 is 0.839 bits per heavy atom. The number of amides is 4. The molecule has 0 unspecified atom stereocenters. The van der Waals surface area contributed by atoms with Crippen molar-refractivity contribution in [1.82, 2.24) is 5.32 Å². The van der Waals surface area contributed by atoms with Gasteiger partial charge in [-0.2, -0.15) is 0 Å². The molecule has 0 radical (unpaired) electrons. The number of hydrogen-bond donors (Lipinski definition) is 1. The van der Waals surface area contributed by atoms with Gasteiger partial charge in [0.1, 0.15) is 11.3 Å². The van der Waals surface area contributed by atoms with E-state index >= 15 is 0 Å². The highest BCUT2D eigenvalue weighted by Gasteiger charge is 2.36. The average Bonchev–Trinajstić information content (AvgIpc) is 2.74. The second kappa shape index (κ2) is 9.80. The lowest BCUT2D eigenvalue weighted by Crippen LogP contribution is -2.54. The van der Waals surface area contributed by atoms with Crippen molar-refractivity contribution in [2.75, 3.05) is 24.7 Å². The number of benzene rings is 2. The van der Waals surface area contributed by atoms with Crippen LogP contribution in [-0.2, 0) is 9.59 Å². The molecule has 1 aliphatic heterocycles. The number of hydrogen-bond acceptors (Lipinski definition) is 6. The zero-order valence-electron chi connectivity index (χ0n) is 17.6. The van der Waals surface area contributed by atoms with Gasteiger partial charge in [-0.15, -0.1) is 0 Å². The number of anilines is 1. The Hall–Kier alpha value is -3.81. The number of rotatable bonds is 8. The van der Waals surface area contributed by atoms with E-state index in [-0.39, 0.29) is 5.57 Å². The average molecular weight is 424 g/mol. The van der Waals surface area contributed by atoms with Crippen molar-refractivity contribution in [1.29, 1.82) is 0 Å². The molecule has 1 aliphatic rings. The fourth-order valence-corrected chi connectivity index (χ4v) is 3.07. The lowest BCUT2D eigenvalue weighted by Gasteiger charge is -2.26. The lowest BCUT2D eigenvalue weighted by molar-refractivity contribution is -0.122. The van der Waals surface area contributed by atoms with E-state index in [1.165, 1.54) is 6.08 Å². The topological polar surface area (TPSA) is 94.2 Å². The zero-order valence-corrected chi connectivity index (χ0v) is 17.6. The van der Waals surface area contributed by atoms with Crippen molar-refractivity contribution in [3.8, 4) is 17.2 Å². The molecule has 1 fully saturated rings. The molecule has 0 spiro atoms. The summed E-state index contributed by atoms with van der Waals surface area (Å²) in [6.07, 6.45) is 1.42. The van der Waals surface area contributed by atoms with Gasteiger partial charge in [-0.25, -0.2) is 9.69 Å². The molecule has 8 heteroatoms. The normalized spacial score (nSPS) is 15.1. The third-order valence-electron chi connectivity index (χ3n) is 4.39.